The zero-order chi connectivity index (χ0) is 16.9. The van der Waals surface area contributed by atoms with Gasteiger partial charge in [0, 0.05) is 18.8 Å². The van der Waals surface area contributed by atoms with Gasteiger partial charge in [-0.3, -0.25) is 4.79 Å². The van der Waals surface area contributed by atoms with Crippen LogP contribution in [0.2, 0.25) is 0 Å². The van der Waals surface area contributed by atoms with Crippen molar-refractivity contribution in [2.45, 2.75) is 19.4 Å². The number of para-hydroxylation sites is 1. The molecule has 0 fully saturated rings. The van der Waals surface area contributed by atoms with Gasteiger partial charge in [-0.05, 0) is 37.1 Å². The Balaban J connectivity index is 1.77. The number of ether oxygens (including phenoxy) is 1. The van der Waals surface area contributed by atoms with E-state index in [4.69, 9.17) is 9.15 Å². The van der Waals surface area contributed by atoms with E-state index in [0.717, 1.165) is 24.4 Å². The third-order valence-electron chi connectivity index (χ3n) is 4.09. The second kappa shape index (κ2) is 7.21. The molecule has 1 amide bonds. The third-order valence-corrected chi connectivity index (χ3v) is 4.09. The van der Waals surface area contributed by atoms with Crippen LogP contribution in [0.1, 0.15) is 24.3 Å². The van der Waals surface area contributed by atoms with E-state index >= 15 is 0 Å². The lowest BCUT2D eigenvalue weighted by Crippen LogP contribution is -2.40. The van der Waals surface area contributed by atoms with Gasteiger partial charge in [0.25, 0.3) is 0 Å². The Morgan fingerprint density at radius 3 is 2.88 bits per heavy atom. The topological polar surface area (TPSA) is 71.8 Å². The van der Waals surface area contributed by atoms with Crippen molar-refractivity contribution in [3.63, 3.8) is 0 Å². The minimum Gasteiger partial charge on any atom is -0.467 e. The summed E-state index contributed by atoms with van der Waals surface area (Å²) in [6.07, 6.45) is 2.55. The fourth-order valence-electron chi connectivity index (χ4n) is 2.99. The van der Waals surface area contributed by atoms with Crippen molar-refractivity contribution in [2.75, 3.05) is 24.6 Å². The SMILES string of the molecule is CCOC(=O)C(=O)NC[C@@H](c1ccco1)N1CCc2ccccc21. The number of esters is 1. The fraction of sp³-hybridized carbons (Fsp3) is 0.333. The molecule has 0 bridgehead atoms. The number of amides is 1. The number of hydrogen-bond acceptors (Lipinski definition) is 5. The minimum atomic E-state index is -0.863. The Hall–Kier alpha value is -2.76. The average molecular weight is 328 g/mol. The van der Waals surface area contributed by atoms with Crippen LogP contribution in [0.3, 0.4) is 0 Å². The van der Waals surface area contributed by atoms with Crippen molar-refractivity contribution in [1.29, 1.82) is 0 Å². The largest absolute Gasteiger partial charge is 0.467 e. The molecular formula is C18H20N2O4. The van der Waals surface area contributed by atoms with Crippen LogP contribution >= 0.6 is 0 Å². The van der Waals surface area contributed by atoms with E-state index < -0.39 is 11.9 Å². The van der Waals surface area contributed by atoms with Gasteiger partial charge in [-0.1, -0.05) is 18.2 Å². The summed E-state index contributed by atoms with van der Waals surface area (Å²) in [5, 5.41) is 2.65. The Morgan fingerprint density at radius 2 is 2.12 bits per heavy atom. The monoisotopic (exact) mass is 328 g/mol. The highest BCUT2D eigenvalue weighted by molar-refractivity contribution is 6.32. The van der Waals surface area contributed by atoms with E-state index in [1.165, 1.54) is 5.56 Å². The van der Waals surface area contributed by atoms with Gasteiger partial charge in [0.2, 0.25) is 0 Å². The van der Waals surface area contributed by atoms with Crippen molar-refractivity contribution in [1.82, 2.24) is 5.32 Å². The van der Waals surface area contributed by atoms with Gasteiger partial charge in [-0.15, -0.1) is 0 Å². The first-order valence-corrected chi connectivity index (χ1v) is 8.03. The molecule has 6 heteroatoms. The van der Waals surface area contributed by atoms with Crippen LogP contribution in [0, 0.1) is 0 Å². The number of carbonyl (C=O) groups excluding carboxylic acids is 2. The second-order valence-electron chi connectivity index (χ2n) is 5.53. The van der Waals surface area contributed by atoms with Crippen molar-refractivity contribution < 1.29 is 18.7 Å². The number of hydrogen-bond donors (Lipinski definition) is 1. The second-order valence-corrected chi connectivity index (χ2v) is 5.53. The molecule has 0 saturated heterocycles. The van der Waals surface area contributed by atoms with E-state index in [2.05, 4.69) is 22.3 Å². The quantitative estimate of drug-likeness (QED) is 0.672. The summed E-state index contributed by atoms with van der Waals surface area (Å²) in [5.74, 6) is -0.853. The molecule has 0 spiro atoms. The molecule has 0 unspecified atom stereocenters. The van der Waals surface area contributed by atoms with Crippen molar-refractivity contribution >= 4 is 17.6 Å². The standard InChI is InChI=1S/C18H20N2O4/c1-2-23-18(22)17(21)19-12-15(16-8-5-11-24-16)20-10-9-13-6-3-4-7-14(13)20/h3-8,11,15H,2,9-10,12H2,1H3,(H,19,21)/t15-/m0/s1. The molecule has 2 heterocycles. The van der Waals surface area contributed by atoms with E-state index in [0.29, 0.717) is 0 Å². The lowest BCUT2D eigenvalue weighted by atomic mass is 10.1. The highest BCUT2D eigenvalue weighted by Gasteiger charge is 2.29. The highest BCUT2D eigenvalue weighted by Crippen LogP contribution is 2.34. The Labute approximate surface area is 140 Å². The summed E-state index contributed by atoms with van der Waals surface area (Å²) >= 11 is 0. The summed E-state index contributed by atoms with van der Waals surface area (Å²) in [6.45, 7) is 2.94. The maximum atomic E-state index is 11.8. The van der Waals surface area contributed by atoms with Crippen molar-refractivity contribution in [2.24, 2.45) is 0 Å². The number of carbonyl (C=O) groups is 2. The van der Waals surface area contributed by atoms with E-state index in [1.807, 2.05) is 24.3 Å². The molecule has 24 heavy (non-hydrogen) atoms. The molecule has 1 aromatic heterocycles. The predicted octanol–water partition coefficient (Wildman–Crippen LogP) is 2.06. The molecule has 126 valence electrons. The maximum absolute atomic E-state index is 11.8. The zero-order valence-electron chi connectivity index (χ0n) is 13.5. The first-order valence-electron chi connectivity index (χ1n) is 8.03. The van der Waals surface area contributed by atoms with Crippen LogP contribution in [0.25, 0.3) is 0 Å². The van der Waals surface area contributed by atoms with Crippen molar-refractivity contribution in [3.05, 3.63) is 54.0 Å². The molecular weight excluding hydrogens is 308 g/mol. The van der Waals surface area contributed by atoms with Gasteiger partial charge in [0.15, 0.2) is 0 Å². The number of benzene rings is 1. The first kappa shape index (κ1) is 16.1. The van der Waals surface area contributed by atoms with Gasteiger partial charge >= 0.3 is 11.9 Å². The number of furan rings is 1. The molecule has 2 aromatic rings. The number of anilines is 1. The highest BCUT2D eigenvalue weighted by atomic mass is 16.5. The van der Waals surface area contributed by atoms with Gasteiger partial charge in [-0.25, -0.2) is 4.79 Å². The molecule has 1 N–H and O–H groups in total. The summed E-state index contributed by atoms with van der Waals surface area (Å²) in [4.78, 5) is 25.5. The van der Waals surface area contributed by atoms with E-state index in [9.17, 15) is 9.59 Å². The minimum absolute atomic E-state index is 0.174. The first-order chi connectivity index (χ1) is 11.7. The summed E-state index contributed by atoms with van der Waals surface area (Å²) < 4.78 is 10.3. The predicted molar refractivity (Wildman–Crippen MR) is 88.6 cm³/mol. The molecule has 1 aliphatic heterocycles. The van der Waals surface area contributed by atoms with Gasteiger partial charge in [0.1, 0.15) is 11.8 Å². The number of nitrogens with zero attached hydrogens (tertiary/aromatic N) is 1. The molecule has 0 aliphatic carbocycles. The van der Waals surface area contributed by atoms with Crippen LogP contribution in [0.15, 0.2) is 47.1 Å². The average Bonchev–Trinajstić information content (AvgIpc) is 3.25. The van der Waals surface area contributed by atoms with Crippen LogP contribution in [0.4, 0.5) is 5.69 Å². The summed E-state index contributed by atoms with van der Waals surface area (Å²) in [7, 11) is 0. The summed E-state index contributed by atoms with van der Waals surface area (Å²) in [5.41, 5.74) is 2.40. The van der Waals surface area contributed by atoms with Crippen LogP contribution in [-0.4, -0.2) is 31.6 Å². The van der Waals surface area contributed by atoms with Gasteiger partial charge in [-0.2, -0.15) is 0 Å². The Kier molecular flexibility index (Phi) is 4.84. The van der Waals surface area contributed by atoms with Crippen LogP contribution < -0.4 is 10.2 Å². The molecule has 0 saturated carbocycles. The molecule has 3 rings (SSSR count). The maximum Gasteiger partial charge on any atom is 0.396 e. The number of fused-ring (bicyclic) bond motifs is 1. The Morgan fingerprint density at radius 1 is 1.29 bits per heavy atom. The molecule has 1 aromatic carbocycles. The molecule has 0 radical (unpaired) electrons. The van der Waals surface area contributed by atoms with Gasteiger partial charge in [0.05, 0.1) is 12.9 Å². The van der Waals surface area contributed by atoms with Crippen LogP contribution in [0.5, 0.6) is 0 Å². The van der Waals surface area contributed by atoms with Crippen molar-refractivity contribution in [3.8, 4) is 0 Å². The molecule has 1 aliphatic rings. The van der Waals surface area contributed by atoms with E-state index in [1.54, 1.807) is 13.2 Å². The third kappa shape index (κ3) is 3.27. The number of nitrogens with one attached hydrogen (secondary N) is 1. The molecule has 6 nitrogen and oxygen atoms in total. The van der Waals surface area contributed by atoms with E-state index in [-0.39, 0.29) is 19.2 Å². The lowest BCUT2D eigenvalue weighted by molar-refractivity contribution is -0.154. The number of rotatable bonds is 5. The lowest BCUT2D eigenvalue weighted by Gasteiger charge is -2.29. The normalized spacial score (nSPS) is 14.1. The van der Waals surface area contributed by atoms with Crippen LogP contribution in [-0.2, 0) is 20.7 Å². The fourth-order valence-corrected chi connectivity index (χ4v) is 2.99. The zero-order valence-corrected chi connectivity index (χ0v) is 13.5. The molecule has 1 atom stereocenters. The summed E-state index contributed by atoms with van der Waals surface area (Å²) in [6, 6.07) is 11.7. The Bertz CT molecular complexity index is 712. The smallest absolute Gasteiger partial charge is 0.396 e. The van der Waals surface area contributed by atoms with Gasteiger partial charge < -0.3 is 19.4 Å².